The number of carbonyl (C=O) groups is 2. The van der Waals surface area contributed by atoms with Gasteiger partial charge in [0.1, 0.15) is 11.5 Å². The highest BCUT2D eigenvalue weighted by Gasteiger charge is 2.07. The molecule has 0 aromatic heterocycles. The summed E-state index contributed by atoms with van der Waals surface area (Å²) in [4.78, 5) is 22.6. The Morgan fingerprint density at radius 1 is 1.00 bits per heavy atom. The summed E-state index contributed by atoms with van der Waals surface area (Å²) in [5.41, 5.74) is 6.27. The number of anilines is 1. The van der Waals surface area contributed by atoms with Gasteiger partial charge in [0.2, 0.25) is 5.91 Å². The number of nitrogens with two attached hydrogens (primary N) is 1. The van der Waals surface area contributed by atoms with Crippen molar-refractivity contribution in [3.05, 3.63) is 54.1 Å². The Bertz CT molecular complexity index is 718. The monoisotopic (exact) mass is 350 g/mol. The minimum atomic E-state index is -2.90. The topological polar surface area (TPSA) is 90.7 Å². The zero-order valence-electron chi connectivity index (χ0n) is 13.1. The molecular formula is C17H16F2N2O4. The first-order chi connectivity index (χ1) is 11.9. The first kappa shape index (κ1) is 18.2. The molecule has 0 fully saturated rings. The number of ether oxygens (including phenoxy) is 2. The fourth-order valence-corrected chi connectivity index (χ4v) is 1.97. The van der Waals surface area contributed by atoms with Crippen molar-refractivity contribution in [2.24, 2.45) is 5.73 Å². The molecule has 0 saturated heterocycles. The Morgan fingerprint density at radius 3 is 2.16 bits per heavy atom. The van der Waals surface area contributed by atoms with Gasteiger partial charge in [0.15, 0.2) is 6.61 Å². The van der Waals surface area contributed by atoms with Crippen molar-refractivity contribution < 1.29 is 27.8 Å². The molecule has 0 unspecified atom stereocenters. The Labute approximate surface area is 142 Å². The summed E-state index contributed by atoms with van der Waals surface area (Å²) in [5.74, 6) is -0.383. The van der Waals surface area contributed by atoms with Crippen LogP contribution in [0, 0.1) is 0 Å². The molecule has 3 N–H and O–H groups in total. The maximum atomic E-state index is 12.0. The molecule has 2 aromatic carbocycles. The average Bonchev–Trinajstić information content (AvgIpc) is 2.55. The van der Waals surface area contributed by atoms with Crippen molar-refractivity contribution in [3.8, 4) is 11.5 Å². The van der Waals surface area contributed by atoms with Crippen LogP contribution in [-0.2, 0) is 16.0 Å². The van der Waals surface area contributed by atoms with E-state index in [0.29, 0.717) is 11.4 Å². The fourth-order valence-electron chi connectivity index (χ4n) is 1.97. The number of primary amides is 1. The molecular weight excluding hydrogens is 334 g/mol. The number of carbonyl (C=O) groups excluding carboxylic acids is 2. The minimum Gasteiger partial charge on any atom is -0.484 e. The summed E-state index contributed by atoms with van der Waals surface area (Å²) in [6.45, 7) is -3.13. The van der Waals surface area contributed by atoms with E-state index in [0.717, 1.165) is 5.56 Å². The van der Waals surface area contributed by atoms with Crippen LogP contribution in [0.4, 0.5) is 14.5 Å². The summed E-state index contributed by atoms with van der Waals surface area (Å²) in [7, 11) is 0. The van der Waals surface area contributed by atoms with Gasteiger partial charge in [-0.1, -0.05) is 12.1 Å². The number of rotatable bonds is 8. The highest BCUT2D eigenvalue weighted by Crippen LogP contribution is 2.18. The maximum Gasteiger partial charge on any atom is 0.387 e. The molecule has 8 heteroatoms. The van der Waals surface area contributed by atoms with Gasteiger partial charge in [-0.05, 0) is 42.0 Å². The van der Waals surface area contributed by atoms with Crippen LogP contribution in [0.5, 0.6) is 11.5 Å². The number of halogens is 2. The van der Waals surface area contributed by atoms with E-state index in [2.05, 4.69) is 10.1 Å². The summed E-state index contributed by atoms with van der Waals surface area (Å²) in [6.07, 6.45) is 0.131. The van der Waals surface area contributed by atoms with Crippen LogP contribution in [0.1, 0.15) is 5.56 Å². The van der Waals surface area contributed by atoms with E-state index < -0.39 is 18.4 Å². The van der Waals surface area contributed by atoms with Gasteiger partial charge in [-0.2, -0.15) is 8.78 Å². The van der Waals surface area contributed by atoms with E-state index >= 15 is 0 Å². The first-order valence-electron chi connectivity index (χ1n) is 7.27. The van der Waals surface area contributed by atoms with Crippen molar-refractivity contribution in [2.45, 2.75) is 13.0 Å². The molecule has 132 valence electrons. The largest absolute Gasteiger partial charge is 0.484 e. The number of hydrogen-bond donors (Lipinski definition) is 2. The normalized spacial score (nSPS) is 10.4. The molecule has 2 amide bonds. The van der Waals surface area contributed by atoms with Crippen molar-refractivity contribution in [2.75, 3.05) is 11.9 Å². The van der Waals surface area contributed by atoms with E-state index in [4.69, 9.17) is 10.5 Å². The van der Waals surface area contributed by atoms with Gasteiger partial charge in [-0.3, -0.25) is 9.59 Å². The second-order valence-electron chi connectivity index (χ2n) is 5.03. The lowest BCUT2D eigenvalue weighted by atomic mass is 10.1. The fraction of sp³-hybridized carbons (Fsp3) is 0.176. The van der Waals surface area contributed by atoms with Crippen LogP contribution in [0.2, 0.25) is 0 Å². The molecule has 0 spiro atoms. The maximum absolute atomic E-state index is 12.0. The molecule has 25 heavy (non-hydrogen) atoms. The predicted molar refractivity (Wildman–Crippen MR) is 86.5 cm³/mol. The molecule has 0 aliphatic rings. The Kier molecular flexibility index (Phi) is 6.27. The third-order valence-electron chi connectivity index (χ3n) is 3.03. The third-order valence-corrected chi connectivity index (χ3v) is 3.03. The van der Waals surface area contributed by atoms with Crippen LogP contribution < -0.4 is 20.5 Å². The zero-order valence-corrected chi connectivity index (χ0v) is 13.1. The standard InChI is InChI=1S/C17H16F2N2O4/c18-17(19)25-14-7-3-12(4-8-14)21-16(23)10-24-13-5-1-11(2-6-13)9-15(20)22/h1-8,17H,9-10H2,(H2,20,22)(H,21,23). The van der Waals surface area contributed by atoms with E-state index in [1.165, 1.54) is 24.3 Å². The van der Waals surface area contributed by atoms with Crippen molar-refractivity contribution in [1.82, 2.24) is 0 Å². The molecule has 6 nitrogen and oxygen atoms in total. The van der Waals surface area contributed by atoms with Crippen LogP contribution in [0.3, 0.4) is 0 Å². The second-order valence-corrected chi connectivity index (χ2v) is 5.03. The second kappa shape index (κ2) is 8.62. The first-order valence-corrected chi connectivity index (χ1v) is 7.27. The van der Waals surface area contributed by atoms with Crippen molar-refractivity contribution in [1.29, 1.82) is 0 Å². The quantitative estimate of drug-likeness (QED) is 0.764. The molecule has 0 aliphatic carbocycles. The van der Waals surface area contributed by atoms with Gasteiger partial charge < -0.3 is 20.5 Å². The summed E-state index contributed by atoms with van der Waals surface area (Å²) < 4.78 is 33.6. The van der Waals surface area contributed by atoms with Gasteiger partial charge in [0, 0.05) is 5.69 Å². The highest BCUT2D eigenvalue weighted by molar-refractivity contribution is 5.91. The van der Waals surface area contributed by atoms with Gasteiger partial charge in [0.25, 0.3) is 5.91 Å². The minimum absolute atomic E-state index is 0.000277. The molecule has 2 aromatic rings. The number of hydrogen-bond acceptors (Lipinski definition) is 4. The van der Waals surface area contributed by atoms with Gasteiger partial charge in [-0.25, -0.2) is 0 Å². The Morgan fingerprint density at radius 2 is 1.60 bits per heavy atom. The number of benzene rings is 2. The molecule has 0 heterocycles. The zero-order chi connectivity index (χ0) is 18.2. The lowest BCUT2D eigenvalue weighted by Crippen LogP contribution is -2.20. The van der Waals surface area contributed by atoms with E-state index in [-0.39, 0.29) is 18.8 Å². The van der Waals surface area contributed by atoms with Crippen molar-refractivity contribution >= 4 is 17.5 Å². The third kappa shape index (κ3) is 6.46. The molecule has 2 rings (SSSR count). The van der Waals surface area contributed by atoms with Crippen LogP contribution in [0.25, 0.3) is 0 Å². The average molecular weight is 350 g/mol. The molecule has 0 saturated carbocycles. The van der Waals surface area contributed by atoms with Crippen molar-refractivity contribution in [3.63, 3.8) is 0 Å². The predicted octanol–water partition coefficient (Wildman–Crippen LogP) is 2.33. The molecule has 0 aliphatic heterocycles. The number of nitrogens with one attached hydrogen (secondary N) is 1. The van der Waals surface area contributed by atoms with E-state index in [1.54, 1.807) is 24.3 Å². The molecule has 0 radical (unpaired) electrons. The lowest BCUT2D eigenvalue weighted by Gasteiger charge is -2.09. The van der Waals surface area contributed by atoms with Crippen LogP contribution >= 0.6 is 0 Å². The summed E-state index contributed by atoms with van der Waals surface area (Å²) in [6, 6.07) is 12.1. The SMILES string of the molecule is NC(=O)Cc1ccc(OCC(=O)Nc2ccc(OC(F)F)cc2)cc1. The highest BCUT2D eigenvalue weighted by atomic mass is 19.3. The van der Waals surface area contributed by atoms with Gasteiger partial charge in [0.05, 0.1) is 6.42 Å². The summed E-state index contributed by atoms with van der Waals surface area (Å²) in [5, 5.41) is 2.56. The molecule has 0 bridgehead atoms. The van der Waals surface area contributed by atoms with Gasteiger partial charge >= 0.3 is 6.61 Å². The van der Waals surface area contributed by atoms with E-state index in [9.17, 15) is 18.4 Å². The molecule has 0 atom stereocenters. The van der Waals surface area contributed by atoms with Crippen LogP contribution in [0.15, 0.2) is 48.5 Å². The number of alkyl halides is 2. The Hall–Kier alpha value is -3.16. The smallest absolute Gasteiger partial charge is 0.387 e. The summed E-state index contributed by atoms with van der Waals surface area (Å²) >= 11 is 0. The number of amides is 2. The van der Waals surface area contributed by atoms with Gasteiger partial charge in [-0.15, -0.1) is 0 Å². The Balaban J connectivity index is 1.81. The lowest BCUT2D eigenvalue weighted by molar-refractivity contribution is -0.118. The van der Waals surface area contributed by atoms with E-state index in [1.807, 2.05) is 0 Å². The van der Waals surface area contributed by atoms with Crippen LogP contribution in [-0.4, -0.2) is 25.0 Å².